The van der Waals surface area contributed by atoms with Crippen molar-refractivity contribution in [2.24, 2.45) is 52.3 Å². The normalized spacial score (nSPS) is 45.8. The first-order valence-electron chi connectivity index (χ1n) is 13.5. The smallest absolute Gasteiger partial charge is 0.302 e. The lowest BCUT2D eigenvalue weighted by Gasteiger charge is -2.60. The molecule has 0 spiro atoms. The predicted molar refractivity (Wildman–Crippen MR) is 129 cm³/mol. The van der Waals surface area contributed by atoms with Crippen LogP contribution in [-0.2, 0) is 9.53 Å². The number of hydrogen-bond donors (Lipinski definition) is 0. The van der Waals surface area contributed by atoms with Crippen LogP contribution in [0.5, 0.6) is 0 Å². The summed E-state index contributed by atoms with van der Waals surface area (Å²) in [6.45, 7) is 13.8. The first-order valence-corrected chi connectivity index (χ1v) is 13.5. The number of esters is 1. The summed E-state index contributed by atoms with van der Waals surface area (Å²) in [7, 11) is 0. The van der Waals surface area contributed by atoms with E-state index in [0.29, 0.717) is 28.6 Å². The summed E-state index contributed by atoms with van der Waals surface area (Å²) in [4.78, 5) is 12.1. The Hall–Kier alpha value is -0.790. The number of hydrogen-bond acceptors (Lipinski definition) is 2. The van der Waals surface area contributed by atoms with Crippen LogP contribution in [0.1, 0.15) is 106 Å². The van der Waals surface area contributed by atoms with Crippen LogP contribution in [0.25, 0.3) is 0 Å². The molecule has 0 amide bonds. The van der Waals surface area contributed by atoms with Crippen LogP contribution < -0.4 is 0 Å². The van der Waals surface area contributed by atoms with Gasteiger partial charge < -0.3 is 4.74 Å². The molecular formula is C29H48O2. The maximum atomic E-state index is 12.1. The number of rotatable bonds is 5. The van der Waals surface area contributed by atoms with Crippen molar-refractivity contribution in [2.75, 3.05) is 0 Å². The summed E-state index contributed by atoms with van der Waals surface area (Å²) in [5.74, 6) is 4.96. The summed E-state index contributed by atoms with van der Waals surface area (Å²) >= 11 is 0. The van der Waals surface area contributed by atoms with E-state index in [-0.39, 0.29) is 12.1 Å². The van der Waals surface area contributed by atoms with Crippen molar-refractivity contribution in [3.05, 3.63) is 12.2 Å². The van der Waals surface area contributed by atoms with Crippen molar-refractivity contribution >= 4 is 5.97 Å². The van der Waals surface area contributed by atoms with Crippen LogP contribution in [0, 0.1) is 52.3 Å². The molecule has 0 aromatic rings. The molecule has 0 heterocycles. The lowest BCUT2D eigenvalue weighted by atomic mass is 9.44. The van der Waals surface area contributed by atoms with Gasteiger partial charge >= 0.3 is 5.97 Å². The Morgan fingerprint density at radius 3 is 2.48 bits per heavy atom. The van der Waals surface area contributed by atoms with Gasteiger partial charge in [-0.3, -0.25) is 4.79 Å². The van der Waals surface area contributed by atoms with Gasteiger partial charge in [-0.25, -0.2) is 0 Å². The molecule has 0 radical (unpaired) electrons. The topological polar surface area (TPSA) is 26.3 Å². The molecule has 31 heavy (non-hydrogen) atoms. The van der Waals surface area contributed by atoms with Gasteiger partial charge in [0.1, 0.15) is 6.10 Å². The molecule has 0 aromatic carbocycles. The van der Waals surface area contributed by atoms with Crippen LogP contribution in [0.4, 0.5) is 0 Å². The van der Waals surface area contributed by atoms with Crippen LogP contribution in [0.3, 0.4) is 0 Å². The quantitative estimate of drug-likeness (QED) is 0.329. The van der Waals surface area contributed by atoms with Crippen molar-refractivity contribution < 1.29 is 9.53 Å². The molecule has 4 fully saturated rings. The molecule has 0 aliphatic heterocycles. The zero-order chi connectivity index (χ0) is 22.4. The third-order valence-electron chi connectivity index (χ3n) is 10.6. The minimum atomic E-state index is -0.0879. The summed E-state index contributed by atoms with van der Waals surface area (Å²) in [6.07, 6.45) is 18.6. The largest absolute Gasteiger partial charge is 0.462 e. The van der Waals surface area contributed by atoms with Gasteiger partial charge in [0, 0.05) is 12.8 Å². The van der Waals surface area contributed by atoms with Crippen LogP contribution in [0.2, 0.25) is 0 Å². The zero-order valence-corrected chi connectivity index (χ0v) is 21.2. The molecule has 2 heteroatoms. The SMILES string of the molecule is CC(=O)OC1CC2C3CCC4CCCCC4(C)C3CCC2(C)C1C(C)C=CCC(C)C. The standard InChI is InChI=1S/C29H48O2/c1-19(2)10-9-11-20(3)27-26(31-21(4)30)18-25-23-14-13-22-12-7-8-16-28(22,5)24(23)15-17-29(25,27)6/h9,11,19-20,22-27H,7-8,10,12-18H2,1-6H3. The van der Waals surface area contributed by atoms with E-state index >= 15 is 0 Å². The van der Waals surface area contributed by atoms with Crippen molar-refractivity contribution in [2.45, 2.75) is 112 Å². The van der Waals surface area contributed by atoms with E-state index in [4.69, 9.17) is 4.74 Å². The van der Waals surface area contributed by atoms with Gasteiger partial charge in [-0.1, -0.05) is 59.6 Å². The average molecular weight is 429 g/mol. The Morgan fingerprint density at radius 1 is 1.00 bits per heavy atom. The minimum absolute atomic E-state index is 0.0879. The Balaban J connectivity index is 1.60. The predicted octanol–water partition coefficient (Wildman–Crippen LogP) is 7.82. The highest BCUT2D eigenvalue weighted by Gasteiger charge is 2.63. The molecule has 4 saturated carbocycles. The van der Waals surface area contributed by atoms with Crippen molar-refractivity contribution in [1.29, 1.82) is 0 Å². The van der Waals surface area contributed by atoms with Gasteiger partial charge in [0.25, 0.3) is 0 Å². The lowest BCUT2D eigenvalue weighted by molar-refractivity contribution is -0.150. The molecule has 0 aromatic heterocycles. The van der Waals surface area contributed by atoms with Crippen LogP contribution in [-0.4, -0.2) is 12.1 Å². The highest BCUT2D eigenvalue weighted by atomic mass is 16.5. The van der Waals surface area contributed by atoms with Gasteiger partial charge in [0.05, 0.1) is 0 Å². The summed E-state index contributed by atoms with van der Waals surface area (Å²) in [5, 5.41) is 0. The van der Waals surface area contributed by atoms with Crippen molar-refractivity contribution in [3.63, 3.8) is 0 Å². The molecule has 0 saturated heterocycles. The molecule has 4 rings (SSSR count). The number of allylic oxidation sites excluding steroid dienone is 2. The van der Waals surface area contributed by atoms with Crippen molar-refractivity contribution in [3.8, 4) is 0 Å². The maximum Gasteiger partial charge on any atom is 0.302 e. The average Bonchev–Trinajstić information content (AvgIpc) is 2.98. The van der Waals surface area contributed by atoms with Crippen LogP contribution in [0.15, 0.2) is 12.2 Å². The van der Waals surface area contributed by atoms with E-state index in [2.05, 4.69) is 46.8 Å². The van der Waals surface area contributed by atoms with Gasteiger partial charge in [0.15, 0.2) is 0 Å². The monoisotopic (exact) mass is 428 g/mol. The second-order valence-electron chi connectivity index (χ2n) is 12.8. The molecule has 0 bridgehead atoms. The second kappa shape index (κ2) is 8.86. The summed E-state index contributed by atoms with van der Waals surface area (Å²) < 4.78 is 6.07. The van der Waals surface area contributed by atoms with Gasteiger partial charge in [-0.15, -0.1) is 0 Å². The highest BCUT2D eigenvalue weighted by molar-refractivity contribution is 5.66. The van der Waals surface area contributed by atoms with E-state index in [1.165, 1.54) is 51.4 Å². The molecule has 2 nitrogen and oxygen atoms in total. The van der Waals surface area contributed by atoms with E-state index in [0.717, 1.165) is 36.5 Å². The second-order valence-corrected chi connectivity index (χ2v) is 12.8. The Kier molecular flexibility index (Phi) is 6.68. The van der Waals surface area contributed by atoms with E-state index in [1.54, 1.807) is 6.92 Å². The lowest BCUT2D eigenvalue weighted by Crippen LogP contribution is -2.53. The number of fused-ring (bicyclic) bond motifs is 5. The van der Waals surface area contributed by atoms with E-state index in [1.807, 2.05) is 0 Å². The number of carbonyl (C=O) groups is 1. The molecule has 4 aliphatic carbocycles. The molecule has 9 unspecified atom stereocenters. The van der Waals surface area contributed by atoms with Gasteiger partial charge in [0.2, 0.25) is 0 Å². The molecule has 176 valence electrons. The molecule has 4 aliphatic rings. The Morgan fingerprint density at radius 2 is 1.77 bits per heavy atom. The maximum absolute atomic E-state index is 12.1. The first-order chi connectivity index (χ1) is 14.7. The van der Waals surface area contributed by atoms with Gasteiger partial charge in [-0.05, 0) is 97.7 Å². The fourth-order valence-corrected chi connectivity index (χ4v) is 9.28. The fraction of sp³-hybridized carbons (Fsp3) is 0.897. The third-order valence-corrected chi connectivity index (χ3v) is 10.6. The minimum Gasteiger partial charge on any atom is -0.462 e. The van der Waals surface area contributed by atoms with E-state index < -0.39 is 0 Å². The first kappa shape index (κ1) is 23.4. The van der Waals surface area contributed by atoms with Crippen molar-refractivity contribution in [1.82, 2.24) is 0 Å². The summed E-state index contributed by atoms with van der Waals surface area (Å²) in [6, 6.07) is 0. The highest BCUT2D eigenvalue weighted by Crippen LogP contribution is 2.68. The molecule has 0 N–H and O–H groups in total. The fourth-order valence-electron chi connectivity index (χ4n) is 9.28. The number of carbonyl (C=O) groups excluding carboxylic acids is 1. The van der Waals surface area contributed by atoms with Crippen LogP contribution >= 0.6 is 0 Å². The van der Waals surface area contributed by atoms with E-state index in [9.17, 15) is 4.79 Å². The Bertz CT molecular complexity index is 680. The third kappa shape index (κ3) is 4.15. The Labute approximate surface area is 192 Å². The molecular weight excluding hydrogens is 380 g/mol. The van der Waals surface area contributed by atoms with Gasteiger partial charge in [-0.2, -0.15) is 0 Å². The summed E-state index contributed by atoms with van der Waals surface area (Å²) in [5.41, 5.74) is 0.876. The number of ether oxygens (including phenoxy) is 1. The molecule has 9 atom stereocenters. The zero-order valence-electron chi connectivity index (χ0n) is 21.2.